The molecule has 12 heteroatoms. The van der Waals surface area contributed by atoms with Gasteiger partial charge in [-0.1, -0.05) is 13.8 Å². The molecule has 1 aliphatic heterocycles. The van der Waals surface area contributed by atoms with Crippen LogP contribution in [0.2, 0.25) is 0 Å². The van der Waals surface area contributed by atoms with Crippen molar-refractivity contribution in [3.05, 3.63) is 47.3 Å². The first-order chi connectivity index (χ1) is 18.0. The number of ketones is 1. The van der Waals surface area contributed by atoms with Crippen LogP contribution in [-0.4, -0.2) is 78.8 Å². The monoisotopic (exact) mass is 538 g/mol. The minimum Gasteiger partial charge on any atom is -0.476 e. The first kappa shape index (κ1) is 29.3. The maximum Gasteiger partial charge on any atom is 0.422 e. The van der Waals surface area contributed by atoms with Gasteiger partial charge in [-0.2, -0.15) is 18.2 Å². The minimum absolute atomic E-state index is 0.0578. The summed E-state index contributed by atoms with van der Waals surface area (Å²) in [6, 6.07) is 5.56. The first-order valence-electron chi connectivity index (χ1n) is 12.4. The van der Waals surface area contributed by atoms with E-state index in [0.29, 0.717) is 25.5 Å². The van der Waals surface area contributed by atoms with Gasteiger partial charge in [0.25, 0.3) is 5.91 Å². The lowest BCUT2D eigenvalue weighted by Gasteiger charge is -2.26. The van der Waals surface area contributed by atoms with Crippen molar-refractivity contribution in [3.63, 3.8) is 0 Å². The Labute approximate surface area is 219 Å². The van der Waals surface area contributed by atoms with E-state index in [-0.39, 0.29) is 42.1 Å². The molecule has 3 heterocycles. The quantitative estimate of drug-likeness (QED) is 0.439. The van der Waals surface area contributed by atoms with Gasteiger partial charge in [0.2, 0.25) is 11.8 Å². The normalized spacial score (nSPS) is 15.2. The fraction of sp³-hybridized carbons (Fsp3) is 0.538. The first-order valence-corrected chi connectivity index (χ1v) is 12.4. The number of nitrogens with zero attached hydrogens (tertiary/aromatic N) is 3. The molecule has 1 amide bonds. The Bertz CT molecular complexity index is 1090. The maximum atomic E-state index is 13.1. The number of Topliss-reactive ketones (excluding diaryl/α,β-unsaturated/α-hetero) is 1. The van der Waals surface area contributed by atoms with Crippen LogP contribution in [0, 0.1) is 5.92 Å². The fourth-order valence-electron chi connectivity index (χ4n) is 3.64. The van der Waals surface area contributed by atoms with Crippen LogP contribution in [0.4, 0.5) is 13.2 Å². The molecule has 3 rings (SSSR count). The molecule has 38 heavy (non-hydrogen) atoms. The van der Waals surface area contributed by atoms with Crippen molar-refractivity contribution in [3.8, 4) is 11.8 Å². The molecule has 0 saturated carbocycles. The highest BCUT2D eigenvalue weighted by molar-refractivity contribution is 5.96. The van der Waals surface area contributed by atoms with Gasteiger partial charge < -0.3 is 19.5 Å². The Balaban J connectivity index is 1.72. The van der Waals surface area contributed by atoms with Gasteiger partial charge in [-0.3, -0.25) is 19.5 Å². The lowest BCUT2D eigenvalue weighted by atomic mass is 10.0. The number of carbonyl (C=O) groups is 2. The Morgan fingerprint density at radius 2 is 1.87 bits per heavy atom. The Kier molecular flexibility index (Phi) is 10.4. The smallest absolute Gasteiger partial charge is 0.422 e. The van der Waals surface area contributed by atoms with Crippen LogP contribution in [0.15, 0.2) is 30.5 Å². The molecule has 0 radical (unpaired) electrons. The third-order valence-corrected chi connectivity index (χ3v) is 5.90. The van der Waals surface area contributed by atoms with E-state index in [1.165, 1.54) is 12.1 Å². The summed E-state index contributed by atoms with van der Waals surface area (Å²) in [4.78, 5) is 35.6. The van der Waals surface area contributed by atoms with Gasteiger partial charge in [-0.25, -0.2) is 0 Å². The third kappa shape index (κ3) is 9.25. The van der Waals surface area contributed by atoms with E-state index in [9.17, 15) is 22.8 Å². The van der Waals surface area contributed by atoms with Gasteiger partial charge in [-0.15, -0.1) is 0 Å². The predicted molar refractivity (Wildman–Crippen MR) is 132 cm³/mol. The number of rotatable bonds is 12. The highest BCUT2D eigenvalue weighted by Gasteiger charge is 2.29. The molecular weight excluding hydrogens is 505 g/mol. The molecule has 1 unspecified atom stereocenters. The third-order valence-electron chi connectivity index (χ3n) is 5.90. The molecule has 2 aromatic rings. The number of alkyl halides is 3. The van der Waals surface area contributed by atoms with Crippen LogP contribution in [0.3, 0.4) is 0 Å². The van der Waals surface area contributed by atoms with E-state index >= 15 is 0 Å². The van der Waals surface area contributed by atoms with Crippen molar-refractivity contribution in [1.82, 2.24) is 20.2 Å². The van der Waals surface area contributed by atoms with Gasteiger partial charge in [-0.05, 0) is 30.7 Å². The minimum atomic E-state index is -4.53. The largest absolute Gasteiger partial charge is 0.476 e. The molecule has 0 spiro atoms. The van der Waals surface area contributed by atoms with Crippen LogP contribution in [0.5, 0.6) is 11.8 Å². The zero-order valence-corrected chi connectivity index (χ0v) is 21.7. The van der Waals surface area contributed by atoms with E-state index in [0.717, 1.165) is 18.7 Å². The number of hydrogen-bond donors (Lipinski definition) is 1. The second-order valence-electron chi connectivity index (χ2n) is 9.28. The van der Waals surface area contributed by atoms with Crippen LogP contribution in [0.1, 0.15) is 48.4 Å². The van der Waals surface area contributed by atoms with Crippen LogP contribution < -0.4 is 14.8 Å². The lowest BCUT2D eigenvalue weighted by molar-refractivity contribution is -0.154. The molecule has 1 atom stereocenters. The van der Waals surface area contributed by atoms with Crippen molar-refractivity contribution in [2.24, 2.45) is 5.92 Å². The summed E-state index contributed by atoms with van der Waals surface area (Å²) >= 11 is 0. The average molecular weight is 539 g/mol. The van der Waals surface area contributed by atoms with Gasteiger partial charge in [0.1, 0.15) is 18.0 Å². The summed E-state index contributed by atoms with van der Waals surface area (Å²) in [5.41, 5.74) is 1.40. The fourth-order valence-corrected chi connectivity index (χ4v) is 3.64. The zero-order valence-electron chi connectivity index (χ0n) is 21.7. The van der Waals surface area contributed by atoms with Gasteiger partial charge in [0.15, 0.2) is 6.61 Å². The van der Waals surface area contributed by atoms with Gasteiger partial charge in [0.05, 0.1) is 19.3 Å². The van der Waals surface area contributed by atoms with E-state index in [1.54, 1.807) is 25.3 Å². The molecule has 1 aliphatic rings. The summed E-state index contributed by atoms with van der Waals surface area (Å²) in [5.74, 6) is -1.01. The van der Waals surface area contributed by atoms with Gasteiger partial charge in [0, 0.05) is 49.9 Å². The number of aromatic nitrogens is 2. The number of hydrogen-bond acceptors (Lipinski definition) is 8. The molecule has 0 bridgehead atoms. The molecule has 1 saturated heterocycles. The lowest BCUT2D eigenvalue weighted by Crippen LogP contribution is -2.38. The molecule has 1 fully saturated rings. The molecule has 0 aromatic carbocycles. The number of halogens is 3. The van der Waals surface area contributed by atoms with E-state index in [4.69, 9.17) is 14.2 Å². The predicted octanol–water partition coefficient (Wildman–Crippen LogP) is 3.39. The maximum absolute atomic E-state index is 13.1. The Morgan fingerprint density at radius 3 is 2.55 bits per heavy atom. The number of pyridine rings is 2. The average Bonchev–Trinajstić information content (AvgIpc) is 2.87. The van der Waals surface area contributed by atoms with Crippen molar-refractivity contribution in [2.45, 2.75) is 39.4 Å². The number of ether oxygens (including phenoxy) is 3. The summed E-state index contributed by atoms with van der Waals surface area (Å²) in [6.45, 7) is 7.27. The van der Waals surface area contributed by atoms with Crippen molar-refractivity contribution >= 4 is 11.7 Å². The number of carbonyl (C=O) groups excluding carboxylic acids is 2. The number of amides is 1. The second-order valence-corrected chi connectivity index (χ2v) is 9.28. The van der Waals surface area contributed by atoms with E-state index in [2.05, 4.69) is 20.2 Å². The molecular formula is C26H33F3N4O5. The van der Waals surface area contributed by atoms with Crippen LogP contribution in [0.25, 0.3) is 0 Å². The van der Waals surface area contributed by atoms with E-state index < -0.39 is 24.7 Å². The van der Waals surface area contributed by atoms with Crippen LogP contribution in [-0.2, 0) is 16.0 Å². The summed E-state index contributed by atoms with van der Waals surface area (Å²) < 4.78 is 53.6. The molecule has 208 valence electrons. The highest BCUT2D eigenvalue weighted by Crippen LogP contribution is 2.24. The summed E-state index contributed by atoms with van der Waals surface area (Å²) in [6.07, 6.45) is -2.76. The molecule has 0 aliphatic carbocycles. The molecule has 1 N–H and O–H groups in total. The van der Waals surface area contributed by atoms with E-state index in [1.807, 2.05) is 13.8 Å². The number of morpholine rings is 1. The standard InChI is InChI=1S/C26H33F3N4O5/c1-17(2)22(34)15-20-14-19(6-7-30-20)18(3)31-24(35)21-4-5-23(38-16-26(27,28)29)32-25(21)37-13-10-33-8-11-36-12-9-33/h4-7,14,17-18H,8-13,15-16H2,1-3H3,(H,31,35). The summed E-state index contributed by atoms with van der Waals surface area (Å²) in [7, 11) is 0. The SMILES string of the molecule is CC(C)C(=O)Cc1cc(C(C)NC(=O)c2ccc(OCC(F)(F)F)nc2OCCN2CCOCC2)ccn1. The Morgan fingerprint density at radius 1 is 1.13 bits per heavy atom. The van der Waals surface area contributed by atoms with Crippen molar-refractivity contribution in [2.75, 3.05) is 46.1 Å². The number of nitrogens with one attached hydrogen (secondary N) is 1. The molecule has 9 nitrogen and oxygen atoms in total. The highest BCUT2D eigenvalue weighted by atomic mass is 19.4. The van der Waals surface area contributed by atoms with Crippen LogP contribution >= 0.6 is 0 Å². The zero-order chi connectivity index (χ0) is 27.7. The van der Waals surface area contributed by atoms with Crippen molar-refractivity contribution < 1.29 is 37.0 Å². The van der Waals surface area contributed by atoms with Gasteiger partial charge >= 0.3 is 6.18 Å². The second kappa shape index (κ2) is 13.5. The summed E-state index contributed by atoms with van der Waals surface area (Å²) in [5, 5.41) is 2.85. The molecule has 2 aromatic heterocycles. The van der Waals surface area contributed by atoms with Crippen molar-refractivity contribution in [1.29, 1.82) is 0 Å². The Hall–Kier alpha value is -3.25. The topological polar surface area (TPSA) is 103 Å².